The van der Waals surface area contributed by atoms with E-state index in [0.717, 1.165) is 30.3 Å². The zero-order valence-corrected chi connectivity index (χ0v) is 13.1. The Morgan fingerprint density at radius 3 is 2.90 bits per heavy atom. The minimum Gasteiger partial charge on any atom is -0.330 e. The summed E-state index contributed by atoms with van der Waals surface area (Å²) >= 11 is 0. The Kier molecular flexibility index (Phi) is 3.99. The number of imidazole rings is 1. The molecule has 3 rings (SSSR count). The van der Waals surface area contributed by atoms with E-state index in [1.54, 1.807) is 10.6 Å². The molecule has 1 aliphatic heterocycles. The predicted molar refractivity (Wildman–Crippen MR) is 83.5 cm³/mol. The Hall–Kier alpha value is -1.40. The Labute approximate surface area is 125 Å². The molecule has 1 aromatic heterocycles. The lowest BCUT2D eigenvalue weighted by molar-refractivity contribution is 0.268. The number of piperidine rings is 1. The van der Waals surface area contributed by atoms with Crippen LogP contribution in [-0.4, -0.2) is 40.6 Å². The van der Waals surface area contributed by atoms with Gasteiger partial charge in [0.15, 0.2) is 0 Å². The predicted octanol–water partition coefficient (Wildman–Crippen LogP) is 2.24. The molecule has 0 radical (unpaired) electrons. The lowest BCUT2D eigenvalue weighted by atomic mass is 10.1. The van der Waals surface area contributed by atoms with Gasteiger partial charge in [-0.05, 0) is 31.9 Å². The second kappa shape index (κ2) is 5.77. The number of nitrogens with zero attached hydrogens (tertiary/aromatic N) is 3. The van der Waals surface area contributed by atoms with Gasteiger partial charge in [-0.3, -0.25) is 0 Å². The van der Waals surface area contributed by atoms with Crippen LogP contribution in [0.15, 0.2) is 30.6 Å². The van der Waals surface area contributed by atoms with Crippen molar-refractivity contribution in [3.63, 3.8) is 0 Å². The van der Waals surface area contributed by atoms with Gasteiger partial charge in [-0.2, -0.15) is 4.31 Å². The lowest BCUT2D eigenvalue weighted by Gasteiger charge is -2.32. The second-order valence-corrected chi connectivity index (χ2v) is 7.74. The average Bonchev–Trinajstić information content (AvgIpc) is 2.89. The molecule has 1 saturated heterocycles. The molecule has 2 aromatic rings. The standard InChI is InChI=1S/C15H21N3O2S/c1-13-6-4-5-9-18(13)21(19,20)11-10-17-12-16-14-7-2-3-8-15(14)17/h2-3,7-8,12-13H,4-6,9-11H2,1H3. The molecular formula is C15H21N3O2S. The van der Waals surface area contributed by atoms with Gasteiger partial charge in [0.05, 0.1) is 23.1 Å². The van der Waals surface area contributed by atoms with Gasteiger partial charge in [-0.1, -0.05) is 18.6 Å². The first-order valence-electron chi connectivity index (χ1n) is 7.47. The van der Waals surface area contributed by atoms with E-state index in [1.807, 2.05) is 35.8 Å². The number of aromatic nitrogens is 2. The van der Waals surface area contributed by atoms with Gasteiger partial charge >= 0.3 is 0 Å². The summed E-state index contributed by atoms with van der Waals surface area (Å²) in [5, 5.41) is 0. The number of benzene rings is 1. The summed E-state index contributed by atoms with van der Waals surface area (Å²) in [6.45, 7) is 3.11. The quantitative estimate of drug-likeness (QED) is 0.870. The largest absolute Gasteiger partial charge is 0.330 e. The Morgan fingerprint density at radius 1 is 1.29 bits per heavy atom. The molecule has 6 heteroatoms. The van der Waals surface area contributed by atoms with Crippen LogP contribution in [-0.2, 0) is 16.6 Å². The highest BCUT2D eigenvalue weighted by Crippen LogP contribution is 2.21. The maximum absolute atomic E-state index is 12.5. The van der Waals surface area contributed by atoms with Crippen molar-refractivity contribution in [2.75, 3.05) is 12.3 Å². The van der Waals surface area contributed by atoms with Crippen LogP contribution in [0.3, 0.4) is 0 Å². The average molecular weight is 307 g/mol. The van der Waals surface area contributed by atoms with E-state index >= 15 is 0 Å². The van der Waals surface area contributed by atoms with E-state index in [0.29, 0.717) is 13.1 Å². The van der Waals surface area contributed by atoms with Crippen LogP contribution in [0.2, 0.25) is 0 Å². The first-order chi connectivity index (χ1) is 10.1. The highest BCUT2D eigenvalue weighted by Gasteiger charge is 2.29. The maximum atomic E-state index is 12.5. The number of aryl methyl sites for hydroxylation is 1. The van der Waals surface area contributed by atoms with Crippen molar-refractivity contribution < 1.29 is 8.42 Å². The number of para-hydroxylation sites is 2. The van der Waals surface area contributed by atoms with Crippen LogP contribution in [0, 0.1) is 0 Å². The molecule has 1 fully saturated rings. The fourth-order valence-electron chi connectivity index (χ4n) is 3.00. The second-order valence-electron chi connectivity index (χ2n) is 5.70. The molecule has 0 amide bonds. The minimum atomic E-state index is -3.19. The van der Waals surface area contributed by atoms with E-state index in [1.165, 1.54) is 0 Å². The molecule has 21 heavy (non-hydrogen) atoms. The topological polar surface area (TPSA) is 55.2 Å². The van der Waals surface area contributed by atoms with Gasteiger partial charge in [0.25, 0.3) is 0 Å². The smallest absolute Gasteiger partial charge is 0.216 e. The molecule has 2 heterocycles. The monoisotopic (exact) mass is 307 g/mol. The molecule has 5 nitrogen and oxygen atoms in total. The fourth-order valence-corrected chi connectivity index (χ4v) is 4.73. The van der Waals surface area contributed by atoms with Crippen LogP contribution in [0.5, 0.6) is 0 Å². The van der Waals surface area contributed by atoms with Gasteiger partial charge in [0, 0.05) is 19.1 Å². The normalized spacial score (nSPS) is 20.9. The number of fused-ring (bicyclic) bond motifs is 1. The van der Waals surface area contributed by atoms with Crippen molar-refractivity contribution in [1.82, 2.24) is 13.9 Å². The molecule has 1 aliphatic rings. The maximum Gasteiger partial charge on any atom is 0.216 e. The zero-order valence-electron chi connectivity index (χ0n) is 12.3. The van der Waals surface area contributed by atoms with Crippen LogP contribution >= 0.6 is 0 Å². The van der Waals surface area contributed by atoms with Crippen LogP contribution in [0.4, 0.5) is 0 Å². The van der Waals surface area contributed by atoms with E-state index in [9.17, 15) is 8.42 Å². The summed E-state index contributed by atoms with van der Waals surface area (Å²) in [5.41, 5.74) is 1.89. The molecule has 1 atom stereocenters. The highest BCUT2D eigenvalue weighted by molar-refractivity contribution is 7.89. The van der Waals surface area contributed by atoms with Crippen LogP contribution in [0.25, 0.3) is 11.0 Å². The third kappa shape index (κ3) is 2.96. The van der Waals surface area contributed by atoms with Crippen molar-refractivity contribution >= 4 is 21.1 Å². The van der Waals surface area contributed by atoms with Crippen LogP contribution in [0.1, 0.15) is 26.2 Å². The van der Waals surface area contributed by atoms with Crippen molar-refractivity contribution in [2.45, 2.75) is 38.8 Å². The fraction of sp³-hybridized carbons (Fsp3) is 0.533. The SMILES string of the molecule is CC1CCCCN1S(=O)(=O)CCn1cnc2ccccc21. The van der Waals surface area contributed by atoms with E-state index in [2.05, 4.69) is 4.98 Å². The zero-order chi connectivity index (χ0) is 14.9. The summed E-state index contributed by atoms with van der Waals surface area (Å²) in [6.07, 6.45) is 4.78. The number of hydrogen-bond acceptors (Lipinski definition) is 3. The third-order valence-electron chi connectivity index (χ3n) is 4.22. The highest BCUT2D eigenvalue weighted by atomic mass is 32.2. The Morgan fingerprint density at radius 2 is 2.10 bits per heavy atom. The first-order valence-corrected chi connectivity index (χ1v) is 9.08. The Bertz CT molecular complexity index is 723. The summed E-state index contributed by atoms with van der Waals surface area (Å²) in [6, 6.07) is 7.92. The van der Waals surface area contributed by atoms with Crippen molar-refractivity contribution in [3.05, 3.63) is 30.6 Å². The van der Waals surface area contributed by atoms with Crippen molar-refractivity contribution in [1.29, 1.82) is 0 Å². The van der Waals surface area contributed by atoms with E-state index in [-0.39, 0.29) is 11.8 Å². The summed E-state index contributed by atoms with van der Waals surface area (Å²) < 4.78 is 28.6. The number of sulfonamides is 1. The third-order valence-corrected chi connectivity index (χ3v) is 6.17. The molecule has 0 aliphatic carbocycles. The molecular weight excluding hydrogens is 286 g/mol. The molecule has 1 unspecified atom stereocenters. The lowest BCUT2D eigenvalue weighted by Crippen LogP contribution is -2.43. The van der Waals surface area contributed by atoms with Gasteiger partial charge in [-0.25, -0.2) is 13.4 Å². The van der Waals surface area contributed by atoms with Gasteiger partial charge < -0.3 is 4.57 Å². The van der Waals surface area contributed by atoms with Gasteiger partial charge in [-0.15, -0.1) is 0 Å². The summed E-state index contributed by atoms with van der Waals surface area (Å²) in [7, 11) is -3.19. The summed E-state index contributed by atoms with van der Waals surface area (Å²) in [5.74, 6) is 0.137. The van der Waals surface area contributed by atoms with Gasteiger partial charge in [0.2, 0.25) is 10.0 Å². The van der Waals surface area contributed by atoms with Crippen molar-refractivity contribution in [3.8, 4) is 0 Å². The van der Waals surface area contributed by atoms with E-state index < -0.39 is 10.0 Å². The molecule has 0 N–H and O–H groups in total. The van der Waals surface area contributed by atoms with E-state index in [4.69, 9.17) is 0 Å². The first kappa shape index (κ1) is 14.5. The summed E-state index contributed by atoms with van der Waals surface area (Å²) in [4.78, 5) is 4.30. The molecule has 114 valence electrons. The number of hydrogen-bond donors (Lipinski definition) is 0. The molecule has 0 bridgehead atoms. The van der Waals surface area contributed by atoms with Crippen molar-refractivity contribution in [2.24, 2.45) is 0 Å². The number of rotatable bonds is 4. The molecule has 0 spiro atoms. The van der Waals surface area contributed by atoms with Crippen LogP contribution < -0.4 is 0 Å². The minimum absolute atomic E-state index is 0.128. The van der Waals surface area contributed by atoms with Gasteiger partial charge in [0.1, 0.15) is 0 Å². The molecule has 1 aromatic carbocycles. The Balaban J connectivity index is 1.74. The molecule has 0 saturated carbocycles.